The molecular formula is C15H14N2O2. The van der Waals surface area contributed by atoms with Crippen molar-refractivity contribution in [1.82, 2.24) is 4.98 Å². The Morgan fingerprint density at radius 2 is 2.26 bits per heavy atom. The first-order valence-corrected chi connectivity index (χ1v) is 6.15. The summed E-state index contributed by atoms with van der Waals surface area (Å²) in [5.74, 6) is 0.557. The molecule has 1 aromatic carbocycles. The molecule has 0 radical (unpaired) electrons. The summed E-state index contributed by atoms with van der Waals surface area (Å²) in [5.41, 5.74) is 8.90. The van der Waals surface area contributed by atoms with Gasteiger partial charge in [0.05, 0.1) is 17.7 Å². The number of ketones is 1. The molecule has 4 heteroatoms. The molecule has 2 N–H and O–H groups in total. The van der Waals surface area contributed by atoms with E-state index in [2.05, 4.69) is 4.98 Å². The monoisotopic (exact) mass is 254 g/mol. The second-order valence-electron chi connectivity index (χ2n) is 4.75. The molecule has 1 aliphatic heterocycles. The second kappa shape index (κ2) is 4.39. The number of rotatable bonds is 1. The van der Waals surface area contributed by atoms with Gasteiger partial charge >= 0.3 is 0 Å². The first-order valence-electron chi connectivity index (χ1n) is 6.15. The molecule has 0 saturated heterocycles. The maximum Gasteiger partial charge on any atom is 0.170 e. The predicted molar refractivity (Wildman–Crippen MR) is 72.1 cm³/mol. The summed E-state index contributed by atoms with van der Waals surface area (Å²) in [5, 5.41) is 0. The topological polar surface area (TPSA) is 65.2 Å². The van der Waals surface area contributed by atoms with Gasteiger partial charge in [0.2, 0.25) is 0 Å². The molecule has 19 heavy (non-hydrogen) atoms. The lowest BCUT2D eigenvalue weighted by Crippen LogP contribution is -2.21. The minimum absolute atomic E-state index is 0.0607. The van der Waals surface area contributed by atoms with Crippen LogP contribution >= 0.6 is 0 Å². The summed E-state index contributed by atoms with van der Waals surface area (Å²) in [6.07, 6.45) is 3.42. The Morgan fingerprint density at radius 3 is 3.00 bits per heavy atom. The molecule has 1 unspecified atom stereocenters. The van der Waals surface area contributed by atoms with E-state index in [4.69, 9.17) is 10.5 Å². The Kier molecular flexibility index (Phi) is 2.71. The number of benzene rings is 1. The van der Waals surface area contributed by atoms with Gasteiger partial charge in [-0.1, -0.05) is 6.07 Å². The average molecular weight is 254 g/mol. The van der Waals surface area contributed by atoms with Crippen LogP contribution in [0.2, 0.25) is 0 Å². The highest BCUT2D eigenvalue weighted by atomic mass is 16.5. The van der Waals surface area contributed by atoms with E-state index < -0.39 is 0 Å². The lowest BCUT2D eigenvalue weighted by Gasteiger charge is -2.26. The van der Waals surface area contributed by atoms with E-state index in [-0.39, 0.29) is 11.9 Å². The van der Waals surface area contributed by atoms with E-state index in [1.807, 2.05) is 31.2 Å². The average Bonchev–Trinajstić information content (AvgIpc) is 2.41. The van der Waals surface area contributed by atoms with Crippen molar-refractivity contribution < 1.29 is 9.53 Å². The number of anilines is 1. The molecule has 0 spiro atoms. The molecular weight excluding hydrogens is 240 g/mol. The molecule has 0 aliphatic carbocycles. The number of hydrogen-bond donors (Lipinski definition) is 1. The molecule has 0 amide bonds. The minimum atomic E-state index is -0.307. The molecule has 2 heterocycles. The molecule has 2 aromatic rings. The molecule has 3 rings (SSSR count). The second-order valence-corrected chi connectivity index (χ2v) is 4.75. The van der Waals surface area contributed by atoms with Crippen molar-refractivity contribution in [3.8, 4) is 5.75 Å². The van der Waals surface area contributed by atoms with Crippen LogP contribution in [0.4, 0.5) is 5.69 Å². The SMILES string of the molecule is Cc1cc(N)c2c(c1)C(=O)CC(c1cccnc1)O2. The quantitative estimate of drug-likeness (QED) is 0.794. The van der Waals surface area contributed by atoms with E-state index in [0.29, 0.717) is 23.4 Å². The van der Waals surface area contributed by atoms with Crippen molar-refractivity contribution in [3.63, 3.8) is 0 Å². The van der Waals surface area contributed by atoms with E-state index in [0.717, 1.165) is 11.1 Å². The van der Waals surface area contributed by atoms with E-state index in [1.165, 1.54) is 0 Å². The lowest BCUT2D eigenvalue weighted by atomic mass is 9.95. The molecule has 0 saturated carbocycles. The third-order valence-corrected chi connectivity index (χ3v) is 3.25. The van der Waals surface area contributed by atoms with Crippen LogP contribution in [-0.4, -0.2) is 10.8 Å². The van der Waals surface area contributed by atoms with E-state index in [9.17, 15) is 4.79 Å². The van der Waals surface area contributed by atoms with Gasteiger partial charge in [-0.25, -0.2) is 0 Å². The van der Waals surface area contributed by atoms with Crippen molar-refractivity contribution in [2.45, 2.75) is 19.4 Å². The maximum atomic E-state index is 12.2. The van der Waals surface area contributed by atoms with Gasteiger partial charge in [0, 0.05) is 18.0 Å². The summed E-state index contributed by atoms with van der Waals surface area (Å²) < 4.78 is 5.89. The number of nitrogen functional groups attached to an aromatic ring is 1. The molecule has 0 bridgehead atoms. The Morgan fingerprint density at radius 1 is 1.42 bits per heavy atom. The smallest absolute Gasteiger partial charge is 0.170 e. The molecule has 1 aliphatic rings. The van der Waals surface area contributed by atoms with Gasteiger partial charge < -0.3 is 10.5 Å². The number of fused-ring (bicyclic) bond motifs is 1. The van der Waals surface area contributed by atoms with Crippen LogP contribution in [0.3, 0.4) is 0 Å². The Hall–Kier alpha value is -2.36. The normalized spacial score (nSPS) is 17.7. The van der Waals surface area contributed by atoms with Crippen LogP contribution < -0.4 is 10.5 Å². The molecule has 0 fully saturated rings. The van der Waals surface area contributed by atoms with Gasteiger partial charge in [0.1, 0.15) is 6.10 Å². The van der Waals surface area contributed by atoms with Crippen molar-refractivity contribution in [1.29, 1.82) is 0 Å². The zero-order chi connectivity index (χ0) is 13.4. The zero-order valence-corrected chi connectivity index (χ0v) is 10.6. The van der Waals surface area contributed by atoms with E-state index >= 15 is 0 Å². The third-order valence-electron chi connectivity index (χ3n) is 3.25. The zero-order valence-electron chi connectivity index (χ0n) is 10.6. The van der Waals surface area contributed by atoms with Crippen LogP contribution in [0.15, 0.2) is 36.7 Å². The highest BCUT2D eigenvalue weighted by Gasteiger charge is 2.29. The fourth-order valence-corrected chi connectivity index (χ4v) is 2.35. The minimum Gasteiger partial charge on any atom is -0.482 e. The molecule has 1 atom stereocenters. The van der Waals surface area contributed by atoms with Gasteiger partial charge in [-0.05, 0) is 30.7 Å². The Labute approximate surface area is 111 Å². The van der Waals surface area contributed by atoms with Crippen LogP contribution in [0.25, 0.3) is 0 Å². The van der Waals surface area contributed by atoms with Crippen LogP contribution in [0.5, 0.6) is 5.75 Å². The number of ether oxygens (including phenoxy) is 1. The fraction of sp³-hybridized carbons (Fsp3) is 0.200. The highest BCUT2D eigenvalue weighted by Crippen LogP contribution is 2.39. The maximum absolute atomic E-state index is 12.2. The fourth-order valence-electron chi connectivity index (χ4n) is 2.35. The van der Waals surface area contributed by atoms with Crippen molar-refractivity contribution >= 4 is 11.5 Å². The Balaban J connectivity index is 2.03. The lowest BCUT2D eigenvalue weighted by molar-refractivity contribution is 0.0851. The number of nitrogens with zero attached hydrogens (tertiary/aromatic N) is 1. The number of Topliss-reactive ketones (excluding diaryl/α,β-unsaturated/α-hetero) is 1. The van der Waals surface area contributed by atoms with Crippen molar-refractivity contribution in [2.75, 3.05) is 5.73 Å². The van der Waals surface area contributed by atoms with Crippen molar-refractivity contribution in [2.24, 2.45) is 0 Å². The van der Waals surface area contributed by atoms with Gasteiger partial charge in [0.15, 0.2) is 11.5 Å². The summed E-state index contributed by atoms with van der Waals surface area (Å²) in [7, 11) is 0. The van der Waals surface area contributed by atoms with E-state index in [1.54, 1.807) is 12.4 Å². The number of carbonyl (C=O) groups is 1. The number of aryl methyl sites for hydroxylation is 1. The molecule has 1 aromatic heterocycles. The van der Waals surface area contributed by atoms with Crippen LogP contribution in [0.1, 0.15) is 34.0 Å². The molecule has 96 valence electrons. The summed E-state index contributed by atoms with van der Waals surface area (Å²) in [6.45, 7) is 1.91. The number of carbonyl (C=O) groups excluding carboxylic acids is 1. The van der Waals surface area contributed by atoms with Gasteiger partial charge in [0.25, 0.3) is 0 Å². The Bertz CT molecular complexity index is 638. The van der Waals surface area contributed by atoms with Crippen molar-refractivity contribution in [3.05, 3.63) is 53.3 Å². The predicted octanol–water partition coefficient (Wildman–Crippen LogP) is 2.68. The van der Waals surface area contributed by atoms with Crippen LogP contribution in [-0.2, 0) is 0 Å². The van der Waals surface area contributed by atoms with Gasteiger partial charge in [-0.15, -0.1) is 0 Å². The van der Waals surface area contributed by atoms with Gasteiger partial charge in [-0.2, -0.15) is 0 Å². The standard InChI is InChI=1S/C15H14N2O2/c1-9-5-11-13(18)7-14(10-3-2-4-17-8-10)19-15(11)12(16)6-9/h2-6,8,14H,7,16H2,1H3. The molecule has 4 nitrogen and oxygen atoms in total. The number of pyridine rings is 1. The largest absolute Gasteiger partial charge is 0.482 e. The third kappa shape index (κ3) is 2.05. The number of hydrogen-bond acceptors (Lipinski definition) is 4. The number of nitrogens with two attached hydrogens (primary N) is 1. The summed E-state index contributed by atoms with van der Waals surface area (Å²) >= 11 is 0. The first-order chi connectivity index (χ1) is 9.15. The summed E-state index contributed by atoms with van der Waals surface area (Å²) in [6, 6.07) is 7.38. The van der Waals surface area contributed by atoms with Crippen LogP contribution in [0, 0.1) is 6.92 Å². The highest BCUT2D eigenvalue weighted by molar-refractivity contribution is 6.01. The van der Waals surface area contributed by atoms with Gasteiger partial charge in [-0.3, -0.25) is 9.78 Å². The first kappa shape index (κ1) is 11.7. The number of aromatic nitrogens is 1. The summed E-state index contributed by atoms with van der Waals surface area (Å²) in [4.78, 5) is 16.3.